The summed E-state index contributed by atoms with van der Waals surface area (Å²) in [5, 5.41) is 7.50. The lowest BCUT2D eigenvalue weighted by Gasteiger charge is -2.03. The van der Waals surface area contributed by atoms with Gasteiger partial charge in [-0.1, -0.05) is 18.2 Å². The molecule has 6 nitrogen and oxygen atoms in total. The fourth-order valence-electron chi connectivity index (χ4n) is 3.09. The Morgan fingerprint density at radius 1 is 0.968 bits per heavy atom. The fraction of sp³-hybridized carbons (Fsp3) is 0.0400. The van der Waals surface area contributed by atoms with E-state index in [2.05, 4.69) is 10.3 Å². The number of nitrogens with one attached hydrogen (secondary N) is 1. The van der Waals surface area contributed by atoms with Gasteiger partial charge in [-0.15, -0.1) is 0 Å². The highest BCUT2D eigenvalue weighted by molar-refractivity contribution is 6.02. The van der Waals surface area contributed by atoms with Crippen molar-refractivity contribution in [2.45, 2.75) is 6.92 Å². The highest BCUT2D eigenvalue weighted by Crippen LogP contribution is 2.24. The molecule has 0 aliphatic rings. The van der Waals surface area contributed by atoms with Crippen LogP contribution in [0.1, 0.15) is 22.8 Å². The number of anilines is 1. The Labute approximate surface area is 179 Å². The molecule has 0 aliphatic heterocycles. The average Bonchev–Trinajstić information content (AvgIpc) is 3.24. The third-order valence-electron chi connectivity index (χ3n) is 4.67. The number of aromatic nitrogens is 3. The van der Waals surface area contributed by atoms with Gasteiger partial charge >= 0.3 is 0 Å². The Morgan fingerprint density at radius 2 is 1.74 bits per heavy atom. The number of para-hydroxylation sites is 1. The first-order chi connectivity index (χ1) is 15.1. The first kappa shape index (κ1) is 20.0. The molecule has 0 spiro atoms. The molecule has 0 radical (unpaired) electrons. The molecule has 31 heavy (non-hydrogen) atoms. The van der Waals surface area contributed by atoms with Gasteiger partial charge in [0.2, 0.25) is 5.91 Å². The second kappa shape index (κ2) is 9.00. The molecule has 0 bridgehead atoms. The number of ketones is 1. The number of nitrogens with zero attached hydrogens (tertiary/aromatic N) is 3. The number of benzene rings is 2. The van der Waals surface area contributed by atoms with Crippen LogP contribution in [0.2, 0.25) is 0 Å². The number of Topliss-reactive ketones (excluding diaryl/α,β-unsaturated/α-hetero) is 1. The molecule has 0 atom stereocenters. The Bertz CT molecular complexity index is 1230. The first-order valence-corrected chi connectivity index (χ1v) is 9.76. The maximum absolute atomic E-state index is 12.4. The van der Waals surface area contributed by atoms with Crippen LogP contribution in [-0.4, -0.2) is 26.5 Å². The quantitative estimate of drug-likeness (QED) is 0.368. The van der Waals surface area contributed by atoms with E-state index in [9.17, 15) is 9.59 Å². The van der Waals surface area contributed by atoms with Gasteiger partial charge in [0.25, 0.3) is 0 Å². The third kappa shape index (κ3) is 4.82. The molecule has 6 heteroatoms. The van der Waals surface area contributed by atoms with Crippen LogP contribution in [0, 0.1) is 0 Å². The predicted octanol–water partition coefficient (Wildman–Crippen LogP) is 4.79. The van der Waals surface area contributed by atoms with Crippen molar-refractivity contribution in [3.8, 4) is 16.9 Å². The number of carbonyl (C=O) groups excluding carboxylic acids is 2. The molecule has 4 rings (SSSR count). The predicted molar refractivity (Wildman–Crippen MR) is 121 cm³/mol. The summed E-state index contributed by atoms with van der Waals surface area (Å²) in [6, 6.07) is 20.3. The topological polar surface area (TPSA) is 76.9 Å². The van der Waals surface area contributed by atoms with Gasteiger partial charge in [0.1, 0.15) is 5.69 Å². The Balaban J connectivity index is 1.59. The molecular weight excluding hydrogens is 388 g/mol. The van der Waals surface area contributed by atoms with Crippen molar-refractivity contribution < 1.29 is 9.59 Å². The van der Waals surface area contributed by atoms with E-state index < -0.39 is 0 Å². The largest absolute Gasteiger partial charge is 0.323 e. The van der Waals surface area contributed by atoms with Crippen LogP contribution in [0.4, 0.5) is 5.69 Å². The van der Waals surface area contributed by atoms with Crippen molar-refractivity contribution in [3.05, 3.63) is 103 Å². The summed E-state index contributed by atoms with van der Waals surface area (Å²) in [6.45, 7) is 1.51. The van der Waals surface area contributed by atoms with Crippen LogP contribution < -0.4 is 5.32 Å². The monoisotopic (exact) mass is 408 g/mol. The summed E-state index contributed by atoms with van der Waals surface area (Å²) < 4.78 is 1.78. The van der Waals surface area contributed by atoms with E-state index in [1.165, 1.54) is 13.0 Å². The van der Waals surface area contributed by atoms with Crippen molar-refractivity contribution >= 4 is 23.5 Å². The highest BCUT2D eigenvalue weighted by Gasteiger charge is 2.11. The SMILES string of the molecule is CC(=O)c1ccc(NC(=O)C=Cc2cn(-c3ccccc3)nc2-c2cccnc2)cc1. The lowest BCUT2D eigenvalue weighted by Crippen LogP contribution is -2.07. The van der Waals surface area contributed by atoms with Crippen LogP contribution in [0.15, 0.2) is 91.4 Å². The molecule has 2 aromatic heterocycles. The van der Waals surface area contributed by atoms with E-state index >= 15 is 0 Å². The van der Waals surface area contributed by atoms with E-state index in [1.54, 1.807) is 47.4 Å². The molecule has 4 aromatic rings. The minimum absolute atomic E-state index is 0.0175. The third-order valence-corrected chi connectivity index (χ3v) is 4.67. The van der Waals surface area contributed by atoms with Gasteiger partial charge < -0.3 is 5.32 Å². The lowest BCUT2D eigenvalue weighted by atomic mass is 10.1. The molecule has 0 fully saturated rings. The zero-order chi connectivity index (χ0) is 21.6. The van der Waals surface area contributed by atoms with E-state index in [0.717, 1.165) is 22.5 Å². The normalized spacial score (nSPS) is 10.9. The van der Waals surface area contributed by atoms with E-state index in [0.29, 0.717) is 11.3 Å². The molecule has 0 unspecified atom stereocenters. The van der Waals surface area contributed by atoms with Crippen LogP contribution in [0.25, 0.3) is 23.0 Å². The standard InChI is InChI=1S/C25H20N4O2/c1-18(30)19-9-12-22(13-10-19)27-24(31)14-11-21-17-29(23-7-3-2-4-8-23)28-25(21)20-6-5-15-26-16-20/h2-17H,1H3,(H,27,31). The lowest BCUT2D eigenvalue weighted by molar-refractivity contribution is -0.111. The second-order valence-corrected chi connectivity index (χ2v) is 6.91. The van der Waals surface area contributed by atoms with Crippen molar-refractivity contribution in [1.29, 1.82) is 0 Å². The highest BCUT2D eigenvalue weighted by atomic mass is 16.1. The summed E-state index contributed by atoms with van der Waals surface area (Å²) in [5.74, 6) is -0.295. The van der Waals surface area contributed by atoms with E-state index in [1.807, 2.05) is 48.7 Å². The minimum Gasteiger partial charge on any atom is -0.323 e. The maximum Gasteiger partial charge on any atom is 0.248 e. The first-order valence-electron chi connectivity index (χ1n) is 9.76. The van der Waals surface area contributed by atoms with Gasteiger partial charge in [-0.3, -0.25) is 14.6 Å². The van der Waals surface area contributed by atoms with Gasteiger partial charge in [0.05, 0.1) is 5.69 Å². The Kier molecular flexibility index (Phi) is 5.80. The van der Waals surface area contributed by atoms with Gasteiger partial charge in [-0.25, -0.2) is 4.68 Å². The number of pyridine rings is 1. The summed E-state index contributed by atoms with van der Waals surface area (Å²) in [5.41, 5.74) is 4.51. The van der Waals surface area contributed by atoms with Crippen LogP contribution in [-0.2, 0) is 4.79 Å². The smallest absolute Gasteiger partial charge is 0.248 e. The average molecular weight is 408 g/mol. The van der Waals surface area contributed by atoms with Crippen molar-refractivity contribution in [2.75, 3.05) is 5.32 Å². The van der Waals surface area contributed by atoms with Gasteiger partial charge in [0.15, 0.2) is 5.78 Å². The summed E-state index contributed by atoms with van der Waals surface area (Å²) in [7, 11) is 0. The van der Waals surface area contributed by atoms with E-state index in [4.69, 9.17) is 5.10 Å². The number of hydrogen-bond donors (Lipinski definition) is 1. The molecule has 2 heterocycles. The Hall–Kier alpha value is -4.32. The molecule has 152 valence electrons. The molecule has 1 amide bonds. The summed E-state index contributed by atoms with van der Waals surface area (Å²) in [6.07, 6.45) is 8.52. The van der Waals surface area contributed by atoms with Gasteiger partial charge in [0, 0.05) is 47.0 Å². The summed E-state index contributed by atoms with van der Waals surface area (Å²) in [4.78, 5) is 28.0. The molecule has 0 aliphatic carbocycles. The van der Waals surface area contributed by atoms with Crippen molar-refractivity contribution in [2.24, 2.45) is 0 Å². The van der Waals surface area contributed by atoms with Gasteiger partial charge in [-0.2, -0.15) is 5.10 Å². The second-order valence-electron chi connectivity index (χ2n) is 6.91. The molecule has 1 N–H and O–H groups in total. The maximum atomic E-state index is 12.4. The number of rotatable bonds is 6. The number of amides is 1. The number of hydrogen-bond acceptors (Lipinski definition) is 4. The zero-order valence-electron chi connectivity index (χ0n) is 16.9. The molecule has 0 saturated heterocycles. The summed E-state index contributed by atoms with van der Waals surface area (Å²) >= 11 is 0. The van der Waals surface area contributed by atoms with Crippen LogP contribution in [0.5, 0.6) is 0 Å². The van der Waals surface area contributed by atoms with Crippen molar-refractivity contribution in [1.82, 2.24) is 14.8 Å². The zero-order valence-corrected chi connectivity index (χ0v) is 16.9. The Morgan fingerprint density at radius 3 is 2.42 bits per heavy atom. The molecule has 0 saturated carbocycles. The van der Waals surface area contributed by atoms with Crippen LogP contribution >= 0.6 is 0 Å². The molecular formula is C25H20N4O2. The molecule has 2 aromatic carbocycles. The minimum atomic E-state index is -0.278. The van der Waals surface area contributed by atoms with E-state index in [-0.39, 0.29) is 11.7 Å². The number of carbonyl (C=O) groups is 2. The van der Waals surface area contributed by atoms with Crippen molar-refractivity contribution in [3.63, 3.8) is 0 Å². The van der Waals surface area contributed by atoms with Gasteiger partial charge in [-0.05, 0) is 61.5 Å². The fourth-order valence-corrected chi connectivity index (χ4v) is 3.09. The van der Waals surface area contributed by atoms with Crippen LogP contribution in [0.3, 0.4) is 0 Å².